The molecule has 3 heterocycles. The quantitative estimate of drug-likeness (QED) is 0.819. The number of nitrogens with zero attached hydrogens (tertiary/aromatic N) is 3. The molecular weight excluding hydrogens is 204 g/mol. The lowest BCUT2D eigenvalue weighted by Gasteiger charge is -2.36. The van der Waals surface area contributed by atoms with Crippen molar-refractivity contribution in [2.24, 2.45) is 0 Å². The van der Waals surface area contributed by atoms with Crippen molar-refractivity contribution in [2.45, 2.75) is 50.4 Å². The van der Waals surface area contributed by atoms with E-state index in [1.54, 1.807) is 0 Å². The highest BCUT2D eigenvalue weighted by Gasteiger charge is 2.38. The van der Waals surface area contributed by atoms with Crippen LogP contribution in [0.1, 0.15) is 31.5 Å². The lowest BCUT2D eigenvalue weighted by molar-refractivity contribution is 0.147. The van der Waals surface area contributed by atoms with Crippen LogP contribution in [0.4, 0.5) is 0 Å². The second kappa shape index (κ2) is 4.14. The minimum absolute atomic E-state index is 0.618. The maximum atomic E-state index is 4.72. The number of rotatable bonds is 3. The van der Waals surface area contributed by atoms with Gasteiger partial charge in [0.05, 0.1) is 6.54 Å². The first kappa shape index (κ1) is 10.2. The topological polar surface area (TPSA) is 54.2 Å². The Kier molecular flexibility index (Phi) is 2.65. The van der Waals surface area contributed by atoms with Crippen molar-refractivity contribution < 1.29 is 4.52 Å². The van der Waals surface area contributed by atoms with E-state index in [9.17, 15) is 0 Å². The predicted octanol–water partition coefficient (Wildman–Crippen LogP) is 0.784. The molecule has 0 radical (unpaired) electrons. The second-order valence-electron chi connectivity index (χ2n) is 4.95. The molecule has 1 aromatic rings. The highest BCUT2D eigenvalue weighted by molar-refractivity contribution is 4.96. The first-order chi connectivity index (χ1) is 7.83. The molecule has 5 heteroatoms. The molecule has 0 amide bonds. The van der Waals surface area contributed by atoms with Crippen LogP contribution in [0.5, 0.6) is 0 Å². The summed E-state index contributed by atoms with van der Waals surface area (Å²) < 4.78 is 4.72. The van der Waals surface area contributed by atoms with Crippen molar-refractivity contribution in [3.8, 4) is 0 Å². The van der Waals surface area contributed by atoms with Crippen LogP contribution in [-0.4, -0.2) is 40.2 Å². The van der Waals surface area contributed by atoms with Gasteiger partial charge in [0, 0.05) is 18.1 Å². The molecule has 2 bridgehead atoms. The molecule has 5 nitrogen and oxygen atoms in total. The summed E-state index contributed by atoms with van der Waals surface area (Å²) >= 11 is 0. The average molecular weight is 222 g/mol. The van der Waals surface area contributed by atoms with Gasteiger partial charge in [0.2, 0.25) is 6.39 Å². The summed E-state index contributed by atoms with van der Waals surface area (Å²) in [6.07, 6.45) is 6.62. The van der Waals surface area contributed by atoms with Crippen LogP contribution in [0.15, 0.2) is 10.9 Å². The van der Waals surface area contributed by atoms with Crippen molar-refractivity contribution in [3.63, 3.8) is 0 Å². The summed E-state index contributed by atoms with van der Waals surface area (Å²) in [6, 6.07) is 2.18. The Morgan fingerprint density at radius 2 is 2.19 bits per heavy atom. The lowest BCUT2D eigenvalue weighted by Crippen LogP contribution is -2.47. The zero-order valence-corrected chi connectivity index (χ0v) is 9.59. The maximum Gasteiger partial charge on any atom is 0.213 e. The third-order valence-electron chi connectivity index (χ3n) is 4.05. The van der Waals surface area contributed by atoms with Crippen LogP contribution in [0.25, 0.3) is 0 Å². The number of aromatic nitrogens is 2. The Bertz CT molecular complexity index is 326. The molecule has 2 aliphatic rings. The Labute approximate surface area is 95.2 Å². The van der Waals surface area contributed by atoms with Gasteiger partial charge in [0.15, 0.2) is 5.82 Å². The highest BCUT2D eigenvalue weighted by atomic mass is 16.5. The molecule has 88 valence electrons. The van der Waals surface area contributed by atoms with Crippen molar-refractivity contribution >= 4 is 0 Å². The van der Waals surface area contributed by atoms with Gasteiger partial charge in [-0.3, -0.25) is 0 Å². The second-order valence-corrected chi connectivity index (χ2v) is 4.95. The van der Waals surface area contributed by atoms with E-state index in [0.717, 1.165) is 24.5 Å². The molecular formula is C11H18N4O. The molecule has 2 fully saturated rings. The van der Waals surface area contributed by atoms with E-state index in [-0.39, 0.29) is 0 Å². The van der Waals surface area contributed by atoms with Crippen LogP contribution in [-0.2, 0) is 6.54 Å². The van der Waals surface area contributed by atoms with Crippen molar-refractivity contribution in [1.82, 2.24) is 20.4 Å². The minimum atomic E-state index is 0.618. The van der Waals surface area contributed by atoms with Gasteiger partial charge in [-0.1, -0.05) is 5.16 Å². The zero-order valence-electron chi connectivity index (χ0n) is 9.59. The number of fused-ring (bicyclic) bond motifs is 2. The van der Waals surface area contributed by atoms with Gasteiger partial charge in [-0.15, -0.1) is 0 Å². The molecule has 2 atom stereocenters. The van der Waals surface area contributed by atoms with Gasteiger partial charge in [0.1, 0.15) is 0 Å². The number of piperidine rings is 1. The van der Waals surface area contributed by atoms with Crippen LogP contribution < -0.4 is 5.32 Å². The largest absolute Gasteiger partial charge is 0.343 e. The first-order valence-electron chi connectivity index (χ1n) is 6.03. The van der Waals surface area contributed by atoms with Gasteiger partial charge in [-0.2, -0.15) is 4.98 Å². The molecule has 2 saturated heterocycles. The normalized spacial score (nSPS) is 34.4. The average Bonchev–Trinajstić information content (AvgIpc) is 2.84. The van der Waals surface area contributed by atoms with E-state index in [2.05, 4.69) is 27.4 Å². The van der Waals surface area contributed by atoms with Crippen LogP contribution in [0, 0.1) is 0 Å². The van der Waals surface area contributed by atoms with Gasteiger partial charge in [0.25, 0.3) is 0 Å². The van der Waals surface area contributed by atoms with E-state index in [1.165, 1.54) is 32.1 Å². The Balaban J connectivity index is 1.54. The minimum Gasteiger partial charge on any atom is -0.343 e. The number of nitrogens with one attached hydrogen (secondary N) is 1. The fraction of sp³-hybridized carbons (Fsp3) is 0.818. The summed E-state index contributed by atoms with van der Waals surface area (Å²) in [5.41, 5.74) is 0. The fourth-order valence-corrected chi connectivity index (χ4v) is 3.08. The molecule has 0 aromatic carbocycles. The van der Waals surface area contributed by atoms with E-state index in [0.29, 0.717) is 6.04 Å². The summed E-state index contributed by atoms with van der Waals surface area (Å²) in [4.78, 5) is 6.57. The van der Waals surface area contributed by atoms with E-state index < -0.39 is 0 Å². The van der Waals surface area contributed by atoms with E-state index >= 15 is 0 Å². The Hall–Kier alpha value is -0.940. The van der Waals surface area contributed by atoms with Gasteiger partial charge in [-0.05, 0) is 32.7 Å². The van der Waals surface area contributed by atoms with Crippen molar-refractivity contribution in [1.29, 1.82) is 0 Å². The SMILES string of the molecule is CN1C2CCC1CC(NCc1ncon1)C2. The zero-order chi connectivity index (χ0) is 11.0. The van der Waals surface area contributed by atoms with E-state index in [1.807, 2.05) is 0 Å². The summed E-state index contributed by atoms with van der Waals surface area (Å²) in [5.74, 6) is 0.756. The molecule has 3 rings (SSSR count). The lowest BCUT2D eigenvalue weighted by atomic mass is 9.98. The molecule has 16 heavy (non-hydrogen) atoms. The van der Waals surface area contributed by atoms with Crippen LogP contribution in [0.3, 0.4) is 0 Å². The standard InChI is InChI=1S/C11H18N4O/c1-15-9-2-3-10(15)5-8(4-9)12-6-11-13-7-16-14-11/h7-10,12H,2-6H2,1H3. The molecule has 1 N–H and O–H groups in total. The van der Waals surface area contributed by atoms with Gasteiger partial charge < -0.3 is 14.7 Å². The maximum absolute atomic E-state index is 4.72. The summed E-state index contributed by atoms with van der Waals surface area (Å²) in [7, 11) is 2.26. The fourth-order valence-electron chi connectivity index (χ4n) is 3.08. The van der Waals surface area contributed by atoms with E-state index in [4.69, 9.17) is 4.52 Å². The Morgan fingerprint density at radius 1 is 1.44 bits per heavy atom. The number of hydrogen-bond acceptors (Lipinski definition) is 5. The molecule has 2 aliphatic heterocycles. The highest BCUT2D eigenvalue weighted by Crippen LogP contribution is 2.34. The van der Waals surface area contributed by atoms with Crippen LogP contribution in [0.2, 0.25) is 0 Å². The molecule has 1 aromatic heterocycles. The summed E-state index contributed by atoms with van der Waals surface area (Å²) in [5, 5.41) is 7.34. The molecule has 0 spiro atoms. The van der Waals surface area contributed by atoms with Crippen molar-refractivity contribution in [3.05, 3.63) is 12.2 Å². The third-order valence-corrected chi connectivity index (χ3v) is 4.05. The predicted molar refractivity (Wildman–Crippen MR) is 58.7 cm³/mol. The molecule has 2 unspecified atom stereocenters. The smallest absolute Gasteiger partial charge is 0.213 e. The van der Waals surface area contributed by atoms with Gasteiger partial charge in [-0.25, -0.2) is 0 Å². The number of hydrogen-bond donors (Lipinski definition) is 1. The molecule has 0 saturated carbocycles. The first-order valence-corrected chi connectivity index (χ1v) is 6.03. The molecule has 0 aliphatic carbocycles. The third kappa shape index (κ3) is 1.85. The van der Waals surface area contributed by atoms with Crippen LogP contribution >= 0.6 is 0 Å². The Morgan fingerprint density at radius 3 is 2.81 bits per heavy atom. The van der Waals surface area contributed by atoms with Crippen molar-refractivity contribution in [2.75, 3.05) is 7.05 Å². The summed E-state index contributed by atoms with van der Waals surface area (Å²) in [6.45, 7) is 0.727. The van der Waals surface area contributed by atoms with Gasteiger partial charge >= 0.3 is 0 Å². The monoisotopic (exact) mass is 222 g/mol.